The van der Waals surface area contributed by atoms with Crippen molar-refractivity contribution in [2.24, 2.45) is 4.99 Å². The Hall–Kier alpha value is -0.820. The number of hydrogen-bond donors (Lipinski definition) is 2. The van der Waals surface area contributed by atoms with E-state index in [0.29, 0.717) is 0 Å². The van der Waals surface area contributed by atoms with E-state index in [0.717, 1.165) is 32.0 Å². The molecule has 0 radical (unpaired) electrons. The van der Waals surface area contributed by atoms with E-state index in [2.05, 4.69) is 51.7 Å². The van der Waals surface area contributed by atoms with Crippen LogP contribution in [0.5, 0.6) is 0 Å². The van der Waals surface area contributed by atoms with Gasteiger partial charge in [0, 0.05) is 26.7 Å². The summed E-state index contributed by atoms with van der Waals surface area (Å²) in [6, 6.07) is 8.99. The molecular formula is C19H33IN4. The van der Waals surface area contributed by atoms with Gasteiger partial charge in [-0.2, -0.15) is 0 Å². The van der Waals surface area contributed by atoms with Crippen LogP contribution < -0.4 is 10.6 Å². The summed E-state index contributed by atoms with van der Waals surface area (Å²) >= 11 is 0. The van der Waals surface area contributed by atoms with Crippen LogP contribution in [0.1, 0.15) is 50.2 Å². The van der Waals surface area contributed by atoms with Crippen LogP contribution in [-0.4, -0.2) is 37.5 Å². The van der Waals surface area contributed by atoms with Crippen molar-refractivity contribution in [1.29, 1.82) is 0 Å². The number of nitrogens with one attached hydrogen (secondary N) is 2. The Morgan fingerprint density at radius 3 is 2.21 bits per heavy atom. The third kappa shape index (κ3) is 7.83. The monoisotopic (exact) mass is 444 g/mol. The van der Waals surface area contributed by atoms with Crippen molar-refractivity contribution in [3.05, 3.63) is 35.4 Å². The maximum Gasteiger partial charge on any atom is 0.191 e. The van der Waals surface area contributed by atoms with Gasteiger partial charge in [-0.1, -0.05) is 44.0 Å². The van der Waals surface area contributed by atoms with Crippen LogP contribution >= 0.6 is 24.0 Å². The molecule has 0 aliphatic carbocycles. The average molecular weight is 444 g/mol. The smallest absolute Gasteiger partial charge is 0.191 e. The van der Waals surface area contributed by atoms with Gasteiger partial charge in [0.1, 0.15) is 0 Å². The number of nitrogens with zero attached hydrogens (tertiary/aromatic N) is 2. The van der Waals surface area contributed by atoms with Gasteiger partial charge in [0.2, 0.25) is 0 Å². The van der Waals surface area contributed by atoms with Crippen LogP contribution in [0.4, 0.5) is 0 Å². The second-order valence-corrected chi connectivity index (χ2v) is 6.36. The molecule has 1 saturated heterocycles. The lowest BCUT2D eigenvalue weighted by Gasteiger charge is -2.20. The highest BCUT2D eigenvalue weighted by Gasteiger charge is 2.09. The first-order valence-corrected chi connectivity index (χ1v) is 9.06. The largest absolute Gasteiger partial charge is 0.356 e. The molecule has 0 amide bonds. The summed E-state index contributed by atoms with van der Waals surface area (Å²) in [6.45, 7) is 7.52. The summed E-state index contributed by atoms with van der Waals surface area (Å²) in [5, 5.41) is 6.65. The minimum atomic E-state index is 0. The first-order chi connectivity index (χ1) is 11.3. The zero-order valence-corrected chi connectivity index (χ0v) is 17.5. The summed E-state index contributed by atoms with van der Waals surface area (Å²) in [4.78, 5) is 6.83. The van der Waals surface area contributed by atoms with E-state index in [4.69, 9.17) is 0 Å². The zero-order chi connectivity index (χ0) is 16.3. The summed E-state index contributed by atoms with van der Waals surface area (Å²) in [5.41, 5.74) is 2.72. The lowest BCUT2D eigenvalue weighted by atomic mass is 10.1. The third-order valence-electron chi connectivity index (χ3n) is 4.35. The maximum atomic E-state index is 4.23. The van der Waals surface area contributed by atoms with E-state index in [1.807, 2.05) is 7.05 Å². The summed E-state index contributed by atoms with van der Waals surface area (Å²) < 4.78 is 0. The molecule has 1 heterocycles. The average Bonchev–Trinajstić information content (AvgIpc) is 2.85. The van der Waals surface area contributed by atoms with Gasteiger partial charge in [-0.25, -0.2) is 0 Å². The Labute approximate surface area is 164 Å². The van der Waals surface area contributed by atoms with Crippen LogP contribution in [0.2, 0.25) is 0 Å². The van der Waals surface area contributed by atoms with Gasteiger partial charge in [0.05, 0.1) is 0 Å². The molecule has 0 aromatic heterocycles. The number of likely N-dealkylation sites (tertiary alicyclic amines) is 1. The molecular weight excluding hydrogens is 411 g/mol. The van der Waals surface area contributed by atoms with Gasteiger partial charge >= 0.3 is 0 Å². The molecule has 1 aromatic rings. The van der Waals surface area contributed by atoms with Crippen LogP contribution in [0.25, 0.3) is 0 Å². The van der Waals surface area contributed by atoms with Gasteiger partial charge in [-0.15, -0.1) is 24.0 Å². The van der Waals surface area contributed by atoms with Crippen LogP contribution in [0, 0.1) is 0 Å². The standard InChI is InChI=1S/C19H32N4.HI/c1-3-12-21-19(20-2)22-15-17-8-10-18(11-9-17)16-23-13-6-4-5-7-14-23;/h8-11H,3-7,12-16H2,1-2H3,(H2,20,21,22);1H. The van der Waals surface area contributed by atoms with Crippen molar-refractivity contribution in [3.8, 4) is 0 Å². The normalized spacial score (nSPS) is 16.2. The molecule has 0 bridgehead atoms. The van der Waals surface area contributed by atoms with Gasteiger partial charge < -0.3 is 10.6 Å². The first-order valence-electron chi connectivity index (χ1n) is 9.06. The van der Waals surface area contributed by atoms with Crippen molar-refractivity contribution in [3.63, 3.8) is 0 Å². The Morgan fingerprint density at radius 2 is 1.62 bits per heavy atom. The molecule has 5 heteroatoms. The van der Waals surface area contributed by atoms with Crippen molar-refractivity contribution >= 4 is 29.9 Å². The quantitative estimate of drug-likeness (QED) is 0.399. The lowest BCUT2D eigenvalue weighted by molar-refractivity contribution is 0.277. The fourth-order valence-corrected chi connectivity index (χ4v) is 2.96. The van der Waals surface area contributed by atoms with Crippen molar-refractivity contribution in [1.82, 2.24) is 15.5 Å². The van der Waals surface area contributed by atoms with Crippen LogP contribution in [0.3, 0.4) is 0 Å². The molecule has 4 nitrogen and oxygen atoms in total. The predicted octanol–water partition coefficient (Wildman–Crippen LogP) is 3.76. The molecule has 24 heavy (non-hydrogen) atoms. The molecule has 136 valence electrons. The first kappa shape index (κ1) is 21.2. The minimum Gasteiger partial charge on any atom is -0.356 e. The molecule has 0 unspecified atom stereocenters. The molecule has 1 aliphatic rings. The van der Waals surface area contributed by atoms with Gasteiger partial charge in [-0.3, -0.25) is 9.89 Å². The van der Waals surface area contributed by atoms with E-state index < -0.39 is 0 Å². The maximum absolute atomic E-state index is 4.23. The zero-order valence-electron chi connectivity index (χ0n) is 15.2. The highest BCUT2D eigenvalue weighted by atomic mass is 127. The lowest BCUT2D eigenvalue weighted by Crippen LogP contribution is -2.37. The Bertz CT molecular complexity index is 465. The Morgan fingerprint density at radius 1 is 1.00 bits per heavy atom. The van der Waals surface area contributed by atoms with E-state index in [-0.39, 0.29) is 24.0 Å². The molecule has 2 N–H and O–H groups in total. The second-order valence-electron chi connectivity index (χ2n) is 6.36. The number of rotatable bonds is 6. The molecule has 1 aliphatic heterocycles. The SMILES string of the molecule is CCCNC(=NC)NCc1ccc(CN2CCCCCC2)cc1.I. The number of hydrogen-bond acceptors (Lipinski definition) is 2. The predicted molar refractivity (Wildman–Crippen MR) is 114 cm³/mol. The van der Waals surface area contributed by atoms with Crippen molar-refractivity contribution in [2.45, 2.75) is 52.1 Å². The van der Waals surface area contributed by atoms with E-state index in [9.17, 15) is 0 Å². The van der Waals surface area contributed by atoms with Gasteiger partial charge in [-0.05, 0) is 43.5 Å². The Balaban J connectivity index is 0.00000288. The van der Waals surface area contributed by atoms with E-state index in [1.54, 1.807) is 0 Å². The second kappa shape index (κ2) is 12.5. The molecule has 1 fully saturated rings. The summed E-state index contributed by atoms with van der Waals surface area (Å²) in [7, 11) is 1.81. The summed E-state index contributed by atoms with van der Waals surface area (Å²) in [5.74, 6) is 0.875. The van der Waals surface area contributed by atoms with Gasteiger partial charge in [0.15, 0.2) is 5.96 Å². The minimum absolute atomic E-state index is 0. The Kier molecular flexibility index (Phi) is 11.1. The van der Waals surface area contributed by atoms with Crippen LogP contribution in [0.15, 0.2) is 29.3 Å². The molecule has 0 saturated carbocycles. The fraction of sp³-hybridized carbons (Fsp3) is 0.632. The fourth-order valence-electron chi connectivity index (χ4n) is 2.96. The molecule has 2 rings (SSSR count). The van der Waals surface area contributed by atoms with Gasteiger partial charge in [0.25, 0.3) is 0 Å². The van der Waals surface area contributed by atoms with Crippen molar-refractivity contribution < 1.29 is 0 Å². The van der Waals surface area contributed by atoms with Crippen molar-refractivity contribution in [2.75, 3.05) is 26.7 Å². The van der Waals surface area contributed by atoms with E-state index >= 15 is 0 Å². The van der Waals surface area contributed by atoms with Crippen LogP contribution in [-0.2, 0) is 13.1 Å². The molecule has 0 spiro atoms. The number of halogens is 1. The van der Waals surface area contributed by atoms with E-state index in [1.165, 1.54) is 49.9 Å². The highest BCUT2D eigenvalue weighted by molar-refractivity contribution is 14.0. The molecule has 1 aromatic carbocycles. The summed E-state index contributed by atoms with van der Waals surface area (Å²) in [6.07, 6.45) is 6.60. The molecule has 0 atom stereocenters. The number of guanidine groups is 1. The number of aliphatic imine (C=N–C) groups is 1. The topological polar surface area (TPSA) is 39.7 Å². The highest BCUT2D eigenvalue weighted by Crippen LogP contribution is 2.13. The number of benzene rings is 1. The third-order valence-corrected chi connectivity index (χ3v) is 4.35.